The maximum Gasteiger partial charge on any atom is 0.244 e. The molecule has 20 heavy (non-hydrogen) atoms. The zero-order valence-electron chi connectivity index (χ0n) is 10.8. The third-order valence-electron chi connectivity index (χ3n) is 3.19. The van der Waals surface area contributed by atoms with Crippen LogP contribution >= 0.6 is 0 Å². The van der Waals surface area contributed by atoms with Crippen LogP contribution in [0.2, 0.25) is 0 Å². The van der Waals surface area contributed by atoms with E-state index in [4.69, 9.17) is 0 Å². The Balaban J connectivity index is 1.76. The van der Waals surface area contributed by atoms with Gasteiger partial charge in [-0.2, -0.15) is 5.10 Å². The Bertz CT molecular complexity index is 636. The minimum absolute atomic E-state index is 0.0644. The molecule has 0 unspecified atom stereocenters. The number of anilines is 2. The van der Waals surface area contributed by atoms with Gasteiger partial charge in [0, 0.05) is 25.4 Å². The van der Waals surface area contributed by atoms with Crippen LogP contribution in [0.5, 0.6) is 0 Å². The van der Waals surface area contributed by atoms with E-state index in [-0.39, 0.29) is 18.4 Å². The lowest BCUT2D eigenvalue weighted by Crippen LogP contribution is -2.42. The molecular formula is C14H14N4O2. The third-order valence-corrected chi connectivity index (χ3v) is 3.19. The second-order valence-corrected chi connectivity index (χ2v) is 4.56. The molecule has 2 aromatic rings. The lowest BCUT2D eigenvalue weighted by atomic mass is 10.2. The summed E-state index contributed by atoms with van der Waals surface area (Å²) in [5.41, 5.74) is 1.42. The molecule has 1 aromatic heterocycles. The highest BCUT2D eigenvalue weighted by Crippen LogP contribution is 2.29. The second-order valence-electron chi connectivity index (χ2n) is 4.56. The summed E-state index contributed by atoms with van der Waals surface area (Å²) in [6.07, 6.45) is 3.79. The monoisotopic (exact) mass is 270 g/mol. The zero-order valence-corrected chi connectivity index (χ0v) is 10.8. The van der Waals surface area contributed by atoms with Gasteiger partial charge in [-0.15, -0.1) is 0 Å². The minimum atomic E-state index is -0.170. The molecule has 0 saturated heterocycles. The van der Waals surface area contributed by atoms with Crippen LogP contribution in [-0.2, 0) is 16.1 Å². The summed E-state index contributed by atoms with van der Waals surface area (Å²) in [7, 11) is 0. The Hall–Kier alpha value is -2.63. The first-order valence-corrected chi connectivity index (χ1v) is 6.41. The second kappa shape index (κ2) is 5.16. The van der Waals surface area contributed by atoms with Crippen molar-refractivity contribution >= 4 is 23.2 Å². The van der Waals surface area contributed by atoms with Gasteiger partial charge in [-0.05, 0) is 18.2 Å². The number of hydrogen-bond donors (Lipinski definition) is 1. The number of carbonyl (C=O) groups excluding carboxylic acids is 2. The summed E-state index contributed by atoms with van der Waals surface area (Å²) in [5, 5.41) is 6.82. The van der Waals surface area contributed by atoms with Crippen molar-refractivity contribution in [2.24, 2.45) is 0 Å². The number of para-hydroxylation sites is 2. The molecule has 2 heterocycles. The first-order chi connectivity index (χ1) is 9.74. The van der Waals surface area contributed by atoms with Gasteiger partial charge in [-0.25, -0.2) is 0 Å². The van der Waals surface area contributed by atoms with Gasteiger partial charge in [0.25, 0.3) is 0 Å². The van der Waals surface area contributed by atoms with E-state index >= 15 is 0 Å². The number of carbonyl (C=O) groups is 2. The molecule has 0 saturated carbocycles. The van der Waals surface area contributed by atoms with Gasteiger partial charge in [0.05, 0.1) is 11.4 Å². The van der Waals surface area contributed by atoms with Crippen molar-refractivity contribution in [1.29, 1.82) is 0 Å². The van der Waals surface area contributed by atoms with Crippen LogP contribution < -0.4 is 10.2 Å². The van der Waals surface area contributed by atoms with E-state index in [2.05, 4.69) is 10.4 Å². The van der Waals surface area contributed by atoms with Gasteiger partial charge < -0.3 is 10.2 Å². The maximum atomic E-state index is 12.3. The van der Waals surface area contributed by atoms with E-state index in [0.29, 0.717) is 18.7 Å². The lowest BCUT2D eigenvalue weighted by Gasteiger charge is -2.29. The van der Waals surface area contributed by atoms with Crippen molar-refractivity contribution in [2.75, 3.05) is 16.8 Å². The van der Waals surface area contributed by atoms with E-state index in [0.717, 1.165) is 5.69 Å². The van der Waals surface area contributed by atoms with E-state index in [1.165, 1.54) is 4.90 Å². The minimum Gasteiger partial charge on any atom is -0.323 e. The van der Waals surface area contributed by atoms with Gasteiger partial charge in [-0.1, -0.05) is 12.1 Å². The summed E-state index contributed by atoms with van der Waals surface area (Å²) >= 11 is 0. The number of aromatic nitrogens is 2. The van der Waals surface area contributed by atoms with E-state index in [9.17, 15) is 9.59 Å². The molecule has 1 aliphatic rings. The van der Waals surface area contributed by atoms with Crippen molar-refractivity contribution in [3.05, 3.63) is 42.7 Å². The predicted molar refractivity (Wildman–Crippen MR) is 74.3 cm³/mol. The molecule has 6 nitrogen and oxygen atoms in total. The highest BCUT2D eigenvalue weighted by molar-refractivity contribution is 6.09. The molecule has 0 aliphatic carbocycles. The van der Waals surface area contributed by atoms with Crippen LogP contribution in [0.15, 0.2) is 42.7 Å². The standard InChI is InChI=1S/C14H14N4O2/c19-13-10-18(12-5-2-1-4-11(12)16-13)14(20)6-9-17-8-3-7-15-17/h1-5,7-8H,6,9-10H2,(H,16,19). The van der Waals surface area contributed by atoms with Gasteiger partial charge in [0.2, 0.25) is 11.8 Å². The Labute approximate surface area is 116 Å². The van der Waals surface area contributed by atoms with Gasteiger partial charge >= 0.3 is 0 Å². The van der Waals surface area contributed by atoms with Crippen molar-refractivity contribution in [3.63, 3.8) is 0 Å². The predicted octanol–water partition coefficient (Wildman–Crippen LogP) is 1.26. The molecule has 0 fully saturated rings. The number of benzene rings is 1. The van der Waals surface area contributed by atoms with Crippen LogP contribution in [0, 0.1) is 0 Å². The number of amides is 2. The number of aryl methyl sites for hydroxylation is 1. The fourth-order valence-corrected chi connectivity index (χ4v) is 2.23. The van der Waals surface area contributed by atoms with Crippen LogP contribution in [0.4, 0.5) is 11.4 Å². The van der Waals surface area contributed by atoms with Crippen molar-refractivity contribution in [3.8, 4) is 0 Å². The molecule has 0 radical (unpaired) electrons. The first-order valence-electron chi connectivity index (χ1n) is 6.41. The summed E-state index contributed by atoms with van der Waals surface area (Å²) in [6, 6.07) is 9.12. The average molecular weight is 270 g/mol. The SMILES string of the molecule is O=C1CN(C(=O)CCn2cccn2)c2ccccc2N1. The van der Waals surface area contributed by atoms with E-state index in [1.807, 2.05) is 30.5 Å². The molecule has 0 bridgehead atoms. The summed E-state index contributed by atoms with van der Waals surface area (Å²) in [4.78, 5) is 25.5. The third kappa shape index (κ3) is 2.40. The Kier molecular flexibility index (Phi) is 3.20. The summed E-state index contributed by atoms with van der Waals surface area (Å²) in [5.74, 6) is -0.251. The maximum absolute atomic E-state index is 12.3. The number of hydrogen-bond acceptors (Lipinski definition) is 3. The van der Waals surface area contributed by atoms with Gasteiger partial charge in [-0.3, -0.25) is 14.3 Å². The van der Waals surface area contributed by atoms with Crippen LogP contribution in [-0.4, -0.2) is 28.1 Å². The molecule has 2 amide bonds. The zero-order chi connectivity index (χ0) is 13.9. The fraction of sp³-hybridized carbons (Fsp3) is 0.214. The van der Waals surface area contributed by atoms with E-state index in [1.54, 1.807) is 16.9 Å². The first kappa shape index (κ1) is 12.4. The van der Waals surface area contributed by atoms with Crippen molar-refractivity contribution in [2.45, 2.75) is 13.0 Å². The number of nitrogens with one attached hydrogen (secondary N) is 1. The highest BCUT2D eigenvalue weighted by Gasteiger charge is 2.26. The van der Waals surface area contributed by atoms with E-state index < -0.39 is 0 Å². The highest BCUT2D eigenvalue weighted by atomic mass is 16.2. The molecule has 3 rings (SSSR count). The topological polar surface area (TPSA) is 67.2 Å². The molecule has 1 N–H and O–H groups in total. The Morgan fingerprint density at radius 1 is 1.30 bits per heavy atom. The summed E-state index contributed by atoms with van der Waals surface area (Å²) in [6.45, 7) is 0.571. The smallest absolute Gasteiger partial charge is 0.244 e. The molecule has 1 aromatic carbocycles. The van der Waals surface area contributed by atoms with Crippen LogP contribution in [0.25, 0.3) is 0 Å². The lowest BCUT2D eigenvalue weighted by molar-refractivity contribution is -0.122. The Morgan fingerprint density at radius 2 is 2.15 bits per heavy atom. The largest absolute Gasteiger partial charge is 0.323 e. The van der Waals surface area contributed by atoms with Crippen LogP contribution in [0.1, 0.15) is 6.42 Å². The number of rotatable bonds is 3. The normalized spacial score (nSPS) is 13.8. The molecule has 6 heteroatoms. The van der Waals surface area contributed by atoms with Gasteiger partial charge in [0.15, 0.2) is 0 Å². The molecular weight excluding hydrogens is 256 g/mol. The van der Waals surface area contributed by atoms with Crippen molar-refractivity contribution in [1.82, 2.24) is 9.78 Å². The quantitative estimate of drug-likeness (QED) is 0.913. The summed E-state index contributed by atoms with van der Waals surface area (Å²) < 4.78 is 1.70. The Morgan fingerprint density at radius 3 is 2.95 bits per heavy atom. The number of fused-ring (bicyclic) bond motifs is 1. The molecule has 0 spiro atoms. The van der Waals surface area contributed by atoms with Gasteiger partial charge in [0.1, 0.15) is 6.54 Å². The average Bonchev–Trinajstić information content (AvgIpc) is 2.97. The fourth-order valence-electron chi connectivity index (χ4n) is 2.23. The van der Waals surface area contributed by atoms with Crippen LogP contribution in [0.3, 0.4) is 0 Å². The number of nitrogens with zero attached hydrogens (tertiary/aromatic N) is 3. The van der Waals surface area contributed by atoms with Crippen molar-refractivity contribution < 1.29 is 9.59 Å². The molecule has 0 atom stereocenters. The molecule has 102 valence electrons. The molecule has 1 aliphatic heterocycles.